The minimum Gasteiger partial charge on any atom is -0.550 e. The molecule has 0 unspecified atom stereocenters. The van der Waals surface area contributed by atoms with Crippen molar-refractivity contribution < 1.29 is 19.1 Å². The van der Waals surface area contributed by atoms with E-state index < -0.39 is 5.97 Å². The summed E-state index contributed by atoms with van der Waals surface area (Å²) in [6.45, 7) is 3.65. The SMILES string of the molecule is Cc1nn(-c2ccc(F)cc2)c(C)c1/C=C1\SC(=S)N(CCC(=O)[O-])C1=O. The van der Waals surface area contributed by atoms with Crippen molar-refractivity contribution in [1.82, 2.24) is 14.7 Å². The first kappa shape index (κ1) is 19.2. The molecule has 140 valence electrons. The quantitative estimate of drug-likeness (QED) is 0.560. The number of carbonyl (C=O) groups is 2. The van der Waals surface area contributed by atoms with Gasteiger partial charge < -0.3 is 9.90 Å². The molecular formula is C18H15FN3O3S2-. The third-order valence-corrected chi connectivity index (χ3v) is 5.48. The third-order valence-electron chi connectivity index (χ3n) is 4.11. The molecule has 2 aromatic rings. The Bertz CT molecular complexity index is 967. The summed E-state index contributed by atoms with van der Waals surface area (Å²) in [6, 6.07) is 5.96. The number of carboxylic acids is 1. The molecule has 0 aliphatic carbocycles. The summed E-state index contributed by atoms with van der Waals surface area (Å²) in [5, 5.41) is 15.1. The fourth-order valence-corrected chi connectivity index (χ4v) is 4.01. The second kappa shape index (κ2) is 7.61. The summed E-state index contributed by atoms with van der Waals surface area (Å²) in [5.41, 5.74) is 2.97. The lowest BCUT2D eigenvalue weighted by molar-refractivity contribution is -0.305. The smallest absolute Gasteiger partial charge is 0.266 e. The van der Waals surface area contributed by atoms with E-state index in [0.29, 0.717) is 20.6 Å². The first-order chi connectivity index (χ1) is 12.8. The molecule has 0 radical (unpaired) electrons. The van der Waals surface area contributed by atoms with Crippen molar-refractivity contribution in [2.24, 2.45) is 0 Å². The van der Waals surface area contributed by atoms with Gasteiger partial charge in [-0.2, -0.15) is 5.10 Å². The highest BCUT2D eigenvalue weighted by atomic mass is 32.2. The number of halogens is 1. The van der Waals surface area contributed by atoms with Gasteiger partial charge in [0.05, 0.1) is 16.3 Å². The van der Waals surface area contributed by atoms with Crippen molar-refractivity contribution in [2.75, 3.05) is 6.54 Å². The first-order valence-corrected chi connectivity index (χ1v) is 9.28. The number of hydrogen-bond donors (Lipinski definition) is 0. The molecule has 1 aromatic carbocycles. The summed E-state index contributed by atoms with van der Waals surface area (Å²) in [5.74, 6) is -1.90. The summed E-state index contributed by atoms with van der Waals surface area (Å²) < 4.78 is 15.1. The average Bonchev–Trinajstić information content (AvgIpc) is 3.04. The zero-order valence-electron chi connectivity index (χ0n) is 14.6. The molecule has 1 fully saturated rings. The lowest BCUT2D eigenvalue weighted by Gasteiger charge is -2.14. The number of amides is 1. The molecule has 1 aromatic heterocycles. The summed E-state index contributed by atoms with van der Waals surface area (Å²) in [7, 11) is 0. The Hall–Kier alpha value is -2.52. The van der Waals surface area contributed by atoms with Crippen LogP contribution in [0.2, 0.25) is 0 Å². The van der Waals surface area contributed by atoms with Gasteiger partial charge in [0.2, 0.25) is 0 Å². The number of carboxylic acid groups (broad SMARTS) is 1. The van der Waals surface area contributed by atoms with Crippen molar-refractivity contribution in [2.45, 2.75) is 20.3 Å². The van der Waals surface area contributed by atoms with Gasteiger partial charge in [-0.25, -0.2) is 9.07 Å². The minimum absolute atomic E-state index is 0.0167. The van der Waals surface area contributed by atoms with Gasteiger partial charge in [0.15, 0.2) is 0 Å². The van der Waals surface area contributed by atoms with Gasteiger partial charge in [-0.1, -0.05) is 24.0 Å². The van der Waals surface area contributed by atoms with Gasteiger partial charge in [-0.15, -0.1) is 0 Å². The molecule has 6 nitrogen and oxygen atoms in total. The van der Waals surface area contributed by atoms with Crippen molar-refractivity contribution >= 4 is 46.3 Å². The van der Waals surface area contributed by atoms with Gasteiger partial charge in [0, 0.05) is 30.2 Å². The lowest BCUT2D eigenvalue weighted by atomic mass is 10.1. The van der Waals surface area contributed by atoms with Crippen molar-refractivity contribution in [3.05, 3.63) is 51.9 Å². The average molecular weight is 404 g/mol. The zero-order valence-corrected chi connectivity index (χ0v) is 16.2. The fraction of sp³-hybridized carbons (Fsp3) is 0.222. The van der Waals surface area contributed by atoms with Crippen molar-refractivity contribution in [1.29, 1.82) is 0 Å². The summed E-state index contributed by atoms with van der Waals surface area (Å²) in [4.78, 5) is 24.8. The van der Waals surface area contributed by atoms with Crippen LogP contribution in [0.4, 0.5) is 4.39 Å². The first-order valence-electron chi connectivity index (χ1n) is 8.05. The number of aromatic nitrogens is 2. The molecule has 0 atom stereocenters. The molecule has 3 rings (SSSR count). The maximum atomic E-state index is 13.2. The largest absolute Gasteiger partial charge is 0.550 e. The number of aryl methyl sites for hydroxylation is 1. The van der Waals surface area contributed by atoms with E-state index in [0.717, 1.165) is 23.0 Å². The molecule has 0 N–H and O–H groups in total. The van der Waals surface area contributed by atoms with Crippen LogP contribution in [0.1, 0.15) is 23.4 Å². The number of benzene rings is 1. The molecule has 9 heteroatoms. The maximum absolute atomic E-state index is 13.2. The van der Waals surface area contributed by atoms with Crippen LogP contribution in [0.3, 0.4) is 0 Å². The van der Waals surface area contributed by atoms with E-state index in [1.807, 2.05) is 13.8 Å². The van der Waals surface area contributed by atoms with Gasteiger partial charge >= 0.3 is 0 Å². The van der Waals surface area contributed by atoms with Crippen LogP contribution < -0.4 is 5.11 Å². The number of thioether (sulfide) groups is 1. The number of rotatable bonds is 5. The Morgan fingerprint density at radius 3 is 2.63 bits per heavy atom. The Kier molecular flexibility index (Phi) is 5.43. The highest BCUT2D eigenvalue weighted by Gasteiger charge is 2.32. The van der Waals surface area contributed by atoms with Crippen LogP contribution in [0.15, 0.2) is 29.2 Å². The van der Waals surface area contributed by atoms with E-state index in [2.05, 4.69) is 5.10 Å². The molecule has 1 aliphatic heterocycles. The van der Waals surface area contributed by atoms with Gasteiger partial charge in [-0.05, 0) is 44.2 Å². The van der Waals surface area contributed by atoms with Gasteiger partial charge in [-0.3, -0.25) is 9.69 Å². The molecule has 1 aliphatic rings. The fourth-order valence-electron chi connectivity index (χ4n) is 2.72. The maximum Gasteiger partial charge on any atom is 0.266 e. The van der Waals surface area contributed by atoms with Crippen LogP contribution in [0.25, 0.3) is 11.8 Å². The molecule has 2 heterocycles. The highest BCUT2D eigenvalue weighted by Crippen LogP contribution is 2.34. The molecule has 0 spiro atoms. The van der Waals surface area contributed by atoms with E-state index in [1.54, 1.807) is 22.9 Å². The summed E-state index contributed by atoms with van der Waals surface area (Å²) in [6.07, 6.45) is 1.43. The van der Waals surface area contributed by atoms with Gasteiger partial charge in [0.1, 0.15) is 10.1 Å². The molecule has 1 saturated heterocycles. The Morgan fingerprint density at radius 1 is 1.33 bits per heavy atom. The highest BCUT2D eigenvalue weighted by molar-refractivity contribution is 8.26. The molecular weight excluding hydrogens is 389 g/mol. The van der Waals surface area contributed by atoms with E-state index in [1.165, 1.54) is 17.0 Å². The summed E-state index contributed by atoms with van der Waals surface area (Å²) >= 11 is 6.30. The van der Waals surface area contributed by atoms with Crippen LogP contribution >= 0.6 is 24.0 Å². The van der Waals surface area contributed by atoms with E-state index in [4.69, 9.17) is 12.2 Å². The predicted octanol–water partition coefficient (Wildman–Crippen LogP) is 1.97. The second-order valence-corrected chi connectivity index (χ2v) is 7.60. The molecule has 27 heavy (non-hydrogen) atoms. The Morgan fingerprint density at radius 2 is 2.00 bits per heavy atom. The van der Waals surface area contributed by atoms with Gasteiger partial charge in [0.25, 0.3) is 5.91 Å². The monoisotopic (exact) mass is 404 g/mol. The van der Waals surface area contributed by atoms with Crippen LogP contribution in [-0.2, 0) is 9.59 Å². The number of nitrogens with zero attached hydrogens (tertiary/aromatic N) is 3. The number of thiocarbonyl (C=S) groups is 1. The van der Waals surface area contributed by atoms with Crippen molar-refractivity contribution in [3.8, 4) is 5.69 Å². The van der Waals surface area contributed by atoms with E-state index in [-0.39, 0.29) is 24.7 Å². The van der Waals surface area contributed by atoms with Crippen LogP contribution in [0.5, 0.6) is 0 Å². The number of aliphatic carboxylic acids is 1. The molecule has 1 amide bonds. The van der Waals surface area contributed by atoms with Crippen LogP contribution in [0, 0.1) is 19.7 Å². The normalized spacial score (nSPS) is 15.8. The second-order valence-electron chi connectivity index (χ2n) is 5.93. The standard InChI is InChI=1S/C18H16FN3O3S2/c1-10-14(11(2)22(20-10)13-5-3-12(19)4-6-13)9-15-17(25)21(18(26)27-15)8-7-16(23)24/h3-6,9H,7-8H2,1-2H3,(H,23,24)/p-1/b15-9-. The third kappa shape index (κ3) is 3.93. The zero-order chi connectivity index (χ0) is 19.7. The predicted molar refractivity (Wildman–Crippen MR) is 102 cm³/mol. The van der Waals surface area contributed by atoms with Crippen molar-refractivity contribution in [3.63, 3.8) is 0 Å². The van der Waals surface area contributed by atoms with E-state index in [9.17, 15) is 19.1 Å². The lowest BCUT2D eigenvalue weighted by Crippen LogP contribution is -2.33. The molecule has 0 bridgehead atoms. The van der Waals surface area contributed by atoms with E-state index >= 15 is 0 Å². The number of carbonyl (C=O) groups excluding carboxylic acids is 2. The minimum atomic E-state index is -1.24. The Labute approximate surface area is 164 Å². The van der Waals surface area contributed by atoms with Crippen LogP contribution in [-0.4, -0.2) is 37.4 Å². The number of hydrogen-bond acceptors (Lipinski definition) is 6. The molecule has 0 saturated carbocycles. The topological polar surface area (TPSA) is 78.3 Å². The Balaban J connectivity index is 1.91.